The second-order valence-corrected chi connectivity index (χ2v) is 18.5. The zero-order valence-corrected chi connectivity index (χ0v) is 34.4. The summed E-state index contributed by atoms with van der Waals surface area (Å²) in [6, 6.07) is 39.7. The van der Waals surface area contributed by atoms with Crippen LogP contribution in [0.5, 0.6) is 11.5 Å². The first-order valence-corrected chi connectivity index (χ1v) is 19.6. The van der Waals surface area contributed by atoms with Crippen LogP contribution in [0.15, 0.2) is 115 Å². The van der Waals surface area contributed by atoms with Gasteiger partial charge in [-0.15, -0.1) is 0 Å². The fraction of sp³-hybridized carbons (Fsp3) is 0.300. The lowest BCUT2D eigenvalue weighted by Gasteiger charge is -2.29. The van der Waals surface area contributed by atoms with Gasteiger partial charge in [-0.3, -0.25) is 4.57 Å². The minimum Gasteiger partial charge on any atom is -0.457 e. The normalized spacial score (nSPS) is 13.6. The Bertz CT molecular complexity index is 2560. The number of aromatic nitrogens is 2. The van der Waals surface area contributed by atoms with Crippen LogP contribution in [0.1, 0.15) is 90.1 Å². The summed E-state index contributed by atoms with van der Waals surface area (Å²) in [5.74, 6) is 2.48. The zero-order valence-electron chi connectivity index (χ0n) is 34.4. The molecule has 0 saturated carbocycles. The van der Waals surface area contributed by atoms with Gasteiger partial charge in [0.25, 0.3) is 0 Å². The largest absolute Gasteiger partial charge is 0.457 e. The Balaban J connectivity index is 1.18. The van der Waals surface area contributed by atoms with Gasteiger partial charge in [-0.25, -0.2) is 4.98 Å². The molecule has 1 aliphatic heterocycles. The first-order chi connectivity index (χ1) is 26.0. The maximum atomic E-state index is 6.73. The van der Waals surface area contributed by atoms with Crippen LogP contribution >= 0.6 is 0 Å². The molecule has 2 aromatic heterocycles. The van der Waals surface area contributed by atoms with E-state index in [0.29, 0.717) is 6.67 Å². The fourth-order valence-electron chi connectivity index (χ4n) is 7.71. The molecule has 0 spiro atoms. The van der Waals surface area contributed by atoms with Gasteiger partial charge in [0.1, 0.15) is 24.0 Å². The summed E-state index contributed by atoms with van der Waals surface area (Å²) in [4.78, 5) is 9.77. The minimum absolute atomic E-state index is 0.00593. The van der Waals surface area contributed by atoms with Crippen molar-refractivity contribution >= 4 is 44.6 Å². The second kappa shape index (κ2) is 13.0. The van der Waals surface area contributed by atoms with Gasteiger partial charge in [0, 0.05) is 40.5 Å². The highest BCUT2D eigenvalue weighted by Crippen LogP contribution is 2.48. The summed E-state index contributed by atoms with van der Waals surface area (Å²) >= 11 is 0. The van der Waals surface area contributed by atoms with Crippen LogP contribution in [0.4, 0.5) is 22.7 Å². The average Bonchev–Trinajstić information content (AvgIpc) is 3.66. The van der Waals surface area contributed by atoms with Crippen LogP contribution in [0.3, 0.4) is 0 Å². The van der Waals surface area contributed by atoms with Crippen molar-refractivity contribution in [2.24, 2.45) is 0 Å². The predicted molar refractivity (Wildman–Crippen MR) is 233 cm³/mol. The van der Waals surface area contributed by atoms with E-state index in [9.17, 15) is 0 Å². The molecule has 0 radical (unpaired) electrons. The number of para-hydroxylation sites is 1. The third kappa shape index (κ3) is 6.75. The monoisotopic (exact) mass is 726 g/mol. The number of anilines is 4. The van der Waals surface area contributed by atoms with E-state index in [0.717, 1.165) is 34.0 Å². The Hall–Kier alpha value is -5.55. The molecule has 0 atom stereocenters. The second-order valence-electron chi connectivity index (χ2n) is 18.5. The summed E-state index contributed by atoms with van der Waals surface area (Å²) in [5.41, 5.74) is 13.5. The molecule has 0 N–H and O–H groups in total. The number of nitrogens with zero attached hydrogens (tertiary/aromatic N) is 4. The number of hydrogen-bond donors (Lipinski definition) is 0. The van der Waals surface area contributed by atoms with E-state index in [-0.39, 0.29) is 16.2 Å². The molecule has 0 unspecified atom stereocenters. The van der Waals surface area contributed by atoms with Gasteiger partial charge in [-0.1, -0.05) is 92.6 Å². The van der Waals surface area contributed by atoms with E-state index in [4.69, 9.17) is 9.72 Å². The number of pyridine rings is 1. The van der Waals surface area contributed by atoms with Gasteiger partial charge in [0.05, 0.1) is 22.4 Å². The Kier molecular flexibility index (Phi) is 8.64. The van der Waals surface area contributed by atoms with Crippen LogP contribution in [0, 0.1) is 13.8 Å². The molecule has 5 heteroatoms. The molecule has 7 aromatic rings. The number of ether oxygens (including phenoxy) is 1. The summed E-state index contributed by atoms with van der Waals surface area (Å²) in [6.45, 7) is 25.7. The molecule has 5 aromatic carbocycles. The van der Waals surface area contributed by atoms with Gasteiger partial charge in [0.2, 0.25) is 0 Å². The van der Waals surface area contributed by atoms with Crippen molar-refractivity contribution in [3.8, 4) is 17.3 Å². The molecule has 8 rings (SSSR count). The molecular formula is C50H54N4O. The predicted octanol–water partition coefficient (Wildman–Crippen LogP) is 13.7. The third-order valence-electron chi connectivity index (χ3n) is 11.3. The highest BCUT2D eigenvalue weighted by atomic mass is 16.5. The van der Waals surface area contributed by atoms with E-state index in [1.807, 2.05) is 6.20 Å². The van der Waals surface area contributed by atoms with E-state index in [1.54, 1.807) is 0 Å². The van der Waals surface area contributed by atoms with Crippen molar-refractivity contribution in [2.75, 3.05) is 16.5 Å². The van der Waals surface area contributed by atoms with Crippen molar-refractivity contribution in [3.63, 3.8) is 0 Å². The Morgan fingerprint density at radius 2 is 1.11 bits per heavy atom. The molecular weight excluding hydrogens is 673 g/mol. The standard InChI is InChI=1S/C50H54N4O/c1-32-23-45-46(24-33(32)2)53(38-26-35(49(6,7)8)25-36(27-38)50(9,10)11)31-52(45)37-15-14-16-39(29-37)55-40-19-20-42-41-17-12-13-18-43(41)54(44(42)30-40)47-28-34(21-22-51-47)48(3,4)5/h12-30H,31H2,1-11H3. The van der Waals surface area contributed by atoms with Crippen LogP contribution in [-0.2, 0) is 16.2 Å². The van der Waals surface area contributed by atoms with Crippen molar-refractivity contribution in [2.45, 2.75) is 92.4 Å². The third-order valence-corrected chi connectivity index (χ3v) is 11.3. The molecule has 3 heterocycles. The number of hydrogen-bond acceptors (Lipinski definition) is 4. The summed E-state index contributed by atoms with van der Waals surface area (Å²) in [7, 11) is 0. The molecule has 5 nitrogen and oxygen atoms in total. The van der Waals surface area contributed by atoms with Crippen molar-refractivity contribution in [3.05, 3.63) is 143 Å². The van der Waals surface area contributed by atoms with Crippen molar-refractivity contribution in [1.82, 2.24) is 9.55 Å². The van der Waals surface area contributed by atoms with E-state index in [2.05, 4.69) is 200 Å². The van der Waals surface area contributed by atoms with Gasteiger partial charge >= 0.3 is 0 Å². The van der Waals surface area contributed by atoms with Crippen molar-refractivity contribution in [1.29, 1.82) is 0 Å². The maximum absolute atomic E-state index is 6.73. The van der Waals surface area contributed by atoms with E-state index < -0.39 is 0 Å². The lowest BCUT2D eigenvalue weighted by Crippen LogP contribution is -2.25. The molecule has 0 fully saturated rings. The lowest BCUT2D eigenvalue weighted by atomic mass is 9.80. The van der Waals surface area contributed by atoms with Gasteiger partial charge in [-0.05, 0) is 125 Å². The summed E-state index contributed by atoms with van der Waals surface area (Å²) in [5, 5.41) is 2.36. The number of benzene rings is 5. The van der Waals surface area contributed by atoms with E-state index in [1.165, 1.54) is 55.7 Å². The van der Waals surface area contributed by atoms with Gasteiger partial charge in [0.15, 0.2) is 0 Å². The summed E-state index contributed by atoms with van der Waals surface area (Å²) in [6.07, 6.45) is 1.92. The van der Waals surface area contributed by atoms with Gasteiger partial charge in [-0.2, -0.15) is 0 Å². The maximum Gasteiger partial charge on any atom is 0.137 e. The molecule has 0 saturated heterocycles. The minimum atomic E-state index is 0.00593. The molecule has 0 aliphatic carbocycles. The first-order valence-electron chi connectivity index (χ1n) is 19.6. The number of aryl methyl sites for hydroxylation is 2. The van der Waals surface area contributed by atoms with Crippen LogP contribution < -0.4 is 14.5 Å². The number of rotatable bonds is 5. The smallest absolute Gasteiger partial charge is 0.137 e. The molecule has 55 heavy (non-hydrogen) atoms. The lowest BCUT2D eigenvalue weighted by molar-refractivity contribution is 0.483. The van der Waals surface area contributed by atoms with Crippen LogP contribution in [-0.4, -0.2) is 16.2 Å². The Labute approximate surface area is 327 Å². The zero-order chi connectivity index (χ0) is 39.0. The van der Waals surface area contributed by atoms with Gasteiger partial charge < -0.3 is 14.5 Å². The SMILES string of the molecule is Cc1cc2c(cc1C)N(c1cc(C(C)(C)C)cc(C(C)(C)C)c1)CN2c1cccc(Oc2ccc3c4ccccc4n(-c4cc(C(C)(C)C)ccn4)c3c2)c1. The Morgan fingerprint density at radius 1 is 0.509 bits per heavy atom. The highest BCUT2D eigenvalue weighted by molar-refractivity contribution is 6.09. The topological polar surface area (TPSA) is 33.5 Å². The van der Waals surface area contributed by atoms with E-state index >= 15 is 0 Å². The Morgan fingerprint density at radius 3 is 1.76 bits per heavy atom. The van der Waals surface area contributed by atoms with Crippen LogP contribution in [0.2, 0.25) is 0 Å². The van der Waals surface area contributed by atoms with Crippen molar-refractivity contribution < 1.29 is 4.74 Å². The highest BCUT2D eigenvalue weighted by Gasteiger charge is 2.31. The fourth-order valence-corrected chi connectivity index (χ4v) is 7.71. The first kappa shape index (κ1) is 36.4. The molecule has 280 valence electrons. The average molecular weight is 727 g/mol. The number of fused-ring (bicyclic) bond motifs is 4. The quantitative estimate of drug-likeness (QED) is 0.177. The molecule has 0 amide bonds. The summed E-state index contributed by atoms with van der Waals surface area (Å²) < 4.78 is 8.99. The molecule has 0 bridgehead atoms. The molecule has 1 aliphatic rings. The van der Waals surface area contributed by atoms with Crippen LogP contribution in [0.25, 0.3) is 27.6 Å².